The van der Waals surface area contributed by atoms with Gasteiger partial charge in [0.05, 0.1) is 6.61 Å². The first kappa shape index (κ1) is 30.0. The van der Waals surface area contributed by atoms with Crippen molar-refractivity contribution in [2.75, 3.05) is 13.2 Å². The Bertz CT molecular complexity index is 423. The molecule has 28 heavy (non-hydrogen) atoms. The normalized spacial score (nSPS) is 13.1. The number of rotatable bonds is 17. The standard InChI is InChI=1S/C19H42N2.C2H6O4S/c1-5-7-8-9-10-11-12-13-14-15-16-21-18(6-2)17-19(3,4)20;1-2-6-7(3,4)5/h18,21H,5-17,20H2,1-4H3;2H2,1H3,(H,3,4,5). The zero-order chi connectivity index (χ0) is 21.9. The van der Waals surface area contributed by atoms with E-state index < -0.39 is 10.4 Å². The van der Waals surface area contributed by atoms with E-state index >= 15 is 0 Å². The highest BCUT2D eigenvalue weighted by Gasteiger charge is 2.16. The summed E-state index contributed by atoms with van der Waals surface area (Å²) in [6.45, 7) is 11.4. The first-order valence-electron chi connectivity index (χ1n) is 11.2. The van der Waals surface area contributed by atoms with Crippen LogP contribution in [-0.2, 0) is 14.6 Å². The molecule has 7 heteroatoms. The lowest BCUT2D eigenvalue weighted by Crippen LogP contribution is -2.41. The fourth-order valence-electron chi connectivity index (χ4n) is 3.06. The van der Waals surface area contributed by atoms with Gasteiger partial charge in [0.2, 0.25) is 0 Å². The van der Waals surface area contributed by atoms with Crippen molar-refractivity contribution in [3.05, 3.63) is 0 Å². The molecular formula is C21H48N2O4S. The summed E-state index contributed by atoms with van der Waals surface area (Å²) in [5.41, 5.74) is 6.05. The summed E-state index contributed by atoms with van der Waals surface area (Å²) in [5.74, 6) is 0. The lowest BCUT2D eigenvalue weighted by atomic mass is 9.95. The molecule has 0 amide bonds. The highest BCUT2D eigenvalue weighted by Crippen LogP contribution is 2.12. The maximum atomic E-state index is 9.56. The van der Waals surface area contributed by atoms with Crippen LogP contribution in [0, 0.1) is 0 Å². The van der Waals surface area contributed by atoms with Crippen molar-refractivity contribution < 1.29 is 17.2 Å². The van der Waals surface area contributed by atoms with E-state index in [0.717, 1.165) is 13.0 Å². The molecule has 0 aliphatic heterocycles. The summed E-state index contributed by atoms with van der Waals surface area (Å²) >= 11 is 0. The SMILES string of the molecule is CCCCCCCCCCCCNC(CC)CC(C)(C)N.CCOS(=O)(=O)O. The molecule has 0 saturated carbocycles. The molecule has 0 rings (SSSR count). The second-order valence-corrected chi connectivity index (χ2v) is 9.36. The van der Waals surface area contributed by atoms with Crippen LogP contribution in [0.4, 0.5) is 0 Å². The van der Waals surface area contributed by atoms with Crippen molar-refractivity contribution in [2.24, 2.45) is 5.73 Å². The molecule has 0 heterocycles. The quantitative estimate of drug-likeness (QED) is 0.218. The molecule has 0 aromatic carbocycles. The van der Waals surface area contributed by atoms with Gasteiger partial charge in [-0.05, 0) is 46.6 Å². The van der Waals surface area contributed by atoms with Gasteiger partial charge in [0.1, 0.15) is 0 Å². The number of nitrogens with two attached hydrogens (primary N) is 1. The van der Waals surface area contributed by atoms with Crippen LogP contribution in [0.15, 0.2) is 0 Å². The third-order valence-electron chi connectivity index (χ3n) is 4.50. The predicted molar refractivity (Wildman–Crippen MR) is 120 cm³/mol. The van der Waals surface area contributed by atoms with E-state index in [1.165, 1.54) is 77.6 Å². The molecule has 0 spiro atoms. The van der Waals surface area contributed by atoms with E-state index in [1.807, 2.05) is 0 Å². The van der Waals surface area contributed by atoms with E-state index in [1.54, 1.807) is 0 Å². The van der Waals surface area contributed by atoms with Crippen LogP contribution in [0.3, 0.4) is 0 Å². The molecular weight excluding hydrogens is 376 g/mol. The predicted octanol–water partition coefficient (Wildman–Crippen LogP) is 5.23. The zero-order valence-corrected chi connectivity index (χ0v) is 20.0. The van der Waals surface area contributed by atoms with Gasteiger partial charge in [0.15, 0.2) is 0 Å². The fourth-order valence-corrected chi connectivity index (χ4v) is 3.36. The van der Waals surface area contributed by atoms with E-state index in [9.17, 15) is 8.42 Å². The number of hydrogen-bond acceptors (Lipinski definition) is 5. The molecule has 0 aromatic rings. The second kappa shape index (κ2) is 18.8. The van der Waals surface area contributed by atoms with E-state index in [0.29, 0.717) is 6.04 Å². The van der Waals surface area contributed by atoms with E-state index in [-0.39, 0.29) is 12.1 Å². The molecule has 4 N–H and O–H groups in total. The van der Waals surface area contributed by atoms with E-state index in [4.69, 9.17) is 10.3 Å². The van der Waals surface area contributed by atoms with Gasteiger partial charge in [0.25, 0.3) is 0 Å². The Morgan fingerprint density at radius 1 is 0.929 bits per heavy atom. The minimum absolute atomic E-state index is 0.0289. The minimum Gasteiger partial charge on any atom is -0.326 e. The van der Waals surface area contributed by atoms with Gasteiger partial charge in [-0.2, -0.15) is 8.42 Å². The second-order valence-electron chi connectivity index (χ2n) is 8.27. The third kappa shape index (κ3) is 28.0. The topological polar surface area (TPSA) is 102 Å². The molecule has 0 aliphatic carbocycles. The molecule has 0 fully saturated rings. The first-order chi connectivity index (χ1) is 13.1. The molecule has 1 unspecified atom stereocenters. The zero-order valence-electron chi connectivity index (χ0n) is 19.1. The van der Waals surface area contributed by atoms with Gasteiger partial charge in [-0.15, -0.1) is 0 Å². The van der Waals surface area contributed by atoms with Crippen LogP contribution < -0.4 is 11.1 Å². The lowest BCUT2D eigenvalue weighted by Gasteiger charge is -2.26. The Hall–Kier alpha value is -0.210. The molecule has 1 atom stereocenters. The Labute approximate surface area is 175 Å². The summed E-state index contributed by atoms with van der Waals surface area (Å²) in [7, 11) is -4.17. The first-order valence-corrected chi connectivity index (χ1v) is 12.6. The largest absolute Gasteiger partial charge is 0.397 e. The molecule has 0 radical (unpaired) electrons. The van der Waals surface area contributed by atoms with Crippen molar-refractivity contribution in [2.45, 2.75) is 123 Å². The molecule has 0 saturated heterocycles. The Kier molecular flexibility index (Phi) is 20.1. The van der Waals surface area contributed by atoms with Crippen molar-refractivity contribution in [3.8, 4) is 0 Å². The molecule has 6 nitrogen and oxygen atoms in total. The molecule has 172 valence electrons. The lowest BCUT2D eigenvalue weighted by molar-refractivity contribution is 0.283. The molecule has 0 aromatic heterocycles. The van der Waals surface area contributed by atoms with Crippen molar-refractivity contribution in [1.82, 2.24) is 5.32 Å². The average molecular weight is 425 g/mol. The average Bonchev–Trinajstić information content (AvgIpc) is 2.57. The highest BCUT2D eigenvalue weighted by molar-refractivity contribution is 7.80. The molecule has 0 aliphatic rings. The maximum absolute atomic E-state index is 9.56. The van der Waals surface area contributed by atoms with Gasteiger partial charge in [-0.3, -0.25) is 4.55 Å². The summed E-state index contributed by atoms with van der Waals surface area (Å²) in [5, 5.41) is 3.67. The summed E-state index contributed by atoms with van der Waals surface area (Å²) in [6, 6.07) is 0.587. The summed E-state index contributed by atoms with van der Waals surface area (Å²) in [4.78, 5) is 0. The maximum Gasteiger partial charge on any atom is 0.397 e. The molecule has 0 bridgehead atoms. The van der Waals surface area contributed by atoms with Gasteiger partial charge in [-0.1, -0.05) is 71.6 Å². The van der Waals surface area contributed by atoms with Crippen LogP contribution in [0.1, 0.15) is 112 Å². The van der Waals surface area contributed by atoms with Crippen LogP contribution >= 0.6 is 0 Å². The van der Waals surface area contributed by atoms with E-state index in [2.05, 4.69) is 37.2 Å². The smallest absolute Gasteiger partial charge is 0.326 e. The van der Waals surface area contributed by atoms with Crippen molar-refractivity contribution in [1.29, 1.82) is 0 Å². The van der Waals surface area contributed by atoms with Gasteiger partial charge < -0.3 is 11.1 Å². The minimum atomic E-state index is -4.17. The Morgan fingerprint density at radius 3 is 1.71 bits per heavy atom. The van der Waals surface area contributed by atoms with Gasteiger partial charge >= 0.3 is 10.4 Å². The Balaban J connectivity index is 0. The summed E-state index contributed by atoms with van der Waals surface area (Å²) in [6.07, 6.45) is 16.3. The van der Waals surface area contributed by atoms with Crippen LogP contribution in [0.2, 0.25) is 0 Å². The van der Waals surface area contributed by atoms with Gasteiger partial charge in [0, 0.05) is 11.6 Å². The highest BCUT2D eigenvalue weighted by atomic mass is 32.3. The van der Waals surface area contributed by atoms with Crippen LogP contribution in [-0.4, -0.2) is 37.7 Å². The fraction of sp³-hybridized carbons (Fsp3) is 1.00. The Morgan fingerprint density at radius 2 is 1.39 bits per heavy atom. The van der Waals surface area contributed by atoms with Crippen LogP contribution in [0.25, 0.3) is 0 Å². The van der Waals surface area contributed by atoms with Crippen LogP contribution in [0.5, 0.6) is 0 Å². The monoisotopic (exact) mass is 424 g/mol. The number of hydrogen-bond donors (Lipinski definition) is 3. The summed E-state index contributed by atoms with van der Waals surface area (Å²) < 4.78 is 30.7. The van der Waals surface area contributed by atoms with Gasteiger partial charge in [-0.25, -0.2) is 4.18 Å². The number of unbranched alkanes of at least 4 members (excludes halogenated alkanes) is 9. The number of nitrogens with one attached hydrogen (secondary N) is 1. The van der Waals surface area contributed by atoms with Crippen molar-refractivity contribution in [3.63, 3.8) is 0 Å². The third-order valence-corrected chi connectivity index (χ3v) is 5.03. The van der Waals surface area contributed by atoms with Crippen molar-refractivity contribution >= 4 is 10.4 Å².